The number of nitrogens with one attached hydrogen (secondary N) is 1. The van der Waals surface area contributed by atoms with Crippen LogP contribution < -0.4 is 5.32 Å². The van der Waals surface area contributed by atoms with E-state index in [4.69, 9.17) is 6.92 Å². The number of piperidine rings is 1. The number of hydrogen-bond acceptors (Lipinski definition) is 1. The van der Waals surface area contributed by atoms with Crippen LogP contribution >= 0.6 is 0 Å². The maximum Gasteiger partial charge on any atom is 0.127 e. The molecular formula is C12H11FN. The number of rotatable bonds is 0. The van der Waals surface area contributed by atoms with Crippen LogP contribution in [0.5, 0.6) is 0 Å². The van der Waals surface area contributed by atoms with E-state index in [1.54, 1.807) is 12.1 Å². The second kappa shape index (κ2) is 2.80. The van der Waals surface area contributed by atoms with Gasteiger partial charge >= 0.3 is 0 Å². The summed E-state index contributed by atoms with van der Waals surface area (Å²) in [6.45, 7) is 9.38. The first-order valence-electron chi connectivity index (χ1n) is 5.01. The number of hydrogen-bond donors (Lipinski definition) is 1. The van der Waals surface area contributed by atoms with Crippen LogP contribution in [-0.4, -0.2) is 13.1 Å². The Labute approximate surface area is 83.3 Å². The Kier molecular flexibility index (Phi) is 1.68. The minimum atomic E-state index is -0.378. The van der Waals surface area contributed by atoms with Crippen molar-refractivity contribution in [2.24, 2.45) is 0 Å². The van der Waals surface area contributed by atoms with Crippen molar-refractivity contribution < 1.29 is 4.39 Å². The summed E-state index contributed by atoms with van der Waals surface area (Å²) >= 11 is 0. The quantitative estimate of drug-likeness (QED) is 0.656. The average molecular weight is 188 g/mol. The third kappa shape index (κ3) is 1.04. The SMILES string of the molecule is [C]c1cc2c(cc1F)C1CNCC2C1. The lowest BCUT2D eigenvalue weighted by Crippen LogP contribution is -2.28. The zero-order chi connectivity index (χ0) is 9.71. The molecule has 2 atom stereocenters. The maximum absolute atomic E-state index is 13.2. The highest BCUT2D eigenvalue weighted by molar-refractivity contribution is 5.44. The molecule has 2 heteroatoms. The Hall–Kier alpha value is -0.890. The van der Waals surface area contributed by atoms with Gasteiger partial charge in [0, 0.05) is 20.0 Å². The topological polar surface area (TPSA) is 12.0 Å². The molecule has 0 spiro atoms. The first kappa shape index (κ1) is 8.42. The molecular weight excluding hydrogens is 177 g/mol. The van der Waals surface area contributed by atoms with Crippen molar-refractivity contribution in [1.82, 2.24) is 5.32 Å². The van der Waals surface area contributed by atoms with Gasteiger partial charge in [-0.25, -0.2) is 4.39 Å². The van der Waals surface area contributed by atoms with E-state index in [1.165, 1.54) is 5.56 Å². The molecule has 0 aromatic heterocycles. The van der Waals surface area contributed by atoms with Crippen molar-refractivity contribution in [3.63, 3.8) is 0 Å². The summed E-state index contributed by atoms with van der Waals surface area (Å²) in [5, 5.41) is 3.35. The van der Waals surface area contributed by atoms with Gasteiger partial charge in [0.2, 0.25) is 0 Å². The molecule has 2 aliphatic rings. The molecule has 1 aromatic carbocycles. The molecule has 3 rings (SSSR count). The molecule has 1 fully saturated rings. The van der Waals surface area contributed by atoms with Crippen molar-refractivity contribution in [2.45, 2.75) is 18.3 Å². The van der Waals surface area contributed by atoms with E-state index >= 15 is 0 Å². The van der Waals surface area contributed by atoms with Crippen LogP contribution in [0.2, 0.25) is 0 Å². The van der Waals surface area contributed by atoms with Crippen LogP contribution in [0.4, 0.5) is 4.39 Å². The highest BCUT2D eigenvalue weighted by Gasteiger charge is 2.34. The van der Waals surface area contributed by atoms with E-state index in [0.29, 0.717) is 11.8 Å². The zero-order valence-electron chi connectivity index (χ0n) is 7.81. The Balaban J connectivity index is 2.17. The van der Waals surface area contributed by atoms with Gasteiger partial charge < -0.3 is 5.32 Å². The molecule has 3 radical (unpaired) electrons. The summed E-state index contributed by atoms with van der Waals surface area (Å²) in [4.78, 5) is 0. The van der Waals surface area contributed by atoms with Gasteiger partial charge in [0.05, 0.1) is 0 Å². The predicted octanol–water partition coefficient (Wildman–Crippen LogP) is 1.94. The van der Waals surface area contributed by atoms with Crippen molar-refractivity contribution in [2.75, 3.05) is 13.1 Å². The summed E-state index contributed by atoms with van der Waals surface area (Å²) in [5.41, 5.74) is 2.37. The second-order valence-electron chi connectivity index (χ2n) is 4.25. The molecule has 1 N–H and O–H groups in total. The van der Waals surface area contributed by atoms with Crippen LogP contribution in [0.3, 0.4) is 0 Å². The summed E-state index contributed by atoms with van der Waals surface area (Å²) < 4.78 is 13.2. The van der Waals surface area contributed by atoms with Gasteiger partial charge in [0.25, 0.3) is 0 Å². The Morgan fingerprint density at radius 1 is 1.21 bits per heavy atom. The molecule has 0 amide bonds. The molecule has 0 saturated carbocycles. The maximum atomic E-state index is 13.2. The van der Waals surface area contributed by atoms with E-state index < -0.39 is 0 Å². The summed E-state index contributed by atoms with van der Waals surface area (Å²) in [6, 6.07) is 3.28. The first-order valence-corrected chi connectivity index (χ1v) is 5.01. The summed E-state index contributed by atoms with van der Waals surface area (Å²) in [5.74, 6) is 0.601. The number of halogens is 1. The first-order chi connectivity index (χ1) is 6.75. The molecule has 1 saturated heterocycles. The lowest BCUT2D eigenvalue weighted by atomic mass is 9.98. The fraction of sp³-hybridized carbons (Fsp3) is 0.417. The van der Waals surface area contributed by atoms with Crippen molar-refractivity contribution >= 4 is 0 Å². The highest BCUT2D eigenvalue weighted by Crippen LogP contribution is 2.44. The van der Waals surface area contributed by atoms with Crippen LogP contribution in [0, 0.1) is 12.7 Å². The van der Waals surface area contributed by atoms with Gasteiger partial charge in [-0.15, -0.1) is 0 Å². The molecule has 14 heavy (non-hydrogen) atoms. The van der Waals surface area contributed by atoms with Gasteiger partial charge in [0.1, 0.15) is 5.82 Å². The Morgan fingerprint density at radius 3 is 2.57 bits per heavy atom. The highest BCUT2D eigenvalue weighted by atomic mass is 19.1. The van der Waals surface area contributed by atoms with Crippen LogP contribution in [0.1, 0.15) is 34.9 Å². The Bertz CT molecular complexity index is 351. The van der Waals surface area contributed by atoms with Gasteiger partial charge in [0.15, 0.2) is 0 Å². The van der Waals surface area contributed by atoms with Crippen LogP contribution in [0.15, 0.2) is 12.1 Å². The average Bonchev–Trinajstić information content (AvgIpc) is 2.42. The zero-order valence-corrected chi connectivity index (χ0v) is 7.81. The van der Waals surface area contributed by atoms with Gasteiger partial charge in [-0.05, 0) is 41.0 Å². The van der Waals surface area contributed by atoms with Gasteiger partial charge in [-0.1, -0.05) is 6.07 Å². The van der Waals surface area contributed by atoms with Gasteiger partial charge in [-0.2, -0.15) is 0 Å². The largest absolute Gasteiger partial charge is 0.316 e. The van der Waals surface area contributed by atoms with Crippen LogP contribution in [0.25, 0.3) is 0 Å². The van der Waals surface area contributed by atoms with Crippen molar-refractivity contribution in [1.29, 1.82) is 0 Å². The van der Waals surface area contributed by atoms with Gasteiger partial charge in [-0.3, -0.25) is 0 Å². The standard InChI is InChI=1S/C12H11FN/c1-7-2-10-8-3-9(6-14-5-8)11(10)4-12(7)13/h2,4,8-9,14H,3,5-6H2. The number of benzene rings is 1. The minimum Gasteiger partial charge on any atom is -0.316 e. The monoisotopic (exact) mass is 188 g/mol. The lowest BCUT2D eigenvalue weighted by Gasteiger charge is -2.19. The predicted molar refractivity (Wildman–Crippen MR) is 51.7 cm³/mol. The van der Waals surface area contributed by atoms with E-state index in [0.717, 1.165) is 25.1 Å². The molecule has 2 bridgehead atoms. The molecule has 71 valence electrons. The van der Waals surface area contributed by atoms with E-state index in [1.807, 2.05) is 0 Å². The van der Waals surface area contributed by atoms with Crippen molar-refractivity contribution in [3.8, 4) is 0 Å². The second-order valence-corrected chi connectivity index (χ2v) is 4.25. The fourth-order valence-electron chi connectivity index (χ4n) is 2.73. The minimum absolute atomic E-state index is 0.0382. The smallest absolute Gasteiger partial charge is 0.127 e. The molecule has 2 unspecified atom stereocenters. The molecule has 1 heterocycles. The fourth-order valence-corrected chi connectivity index (χ4v) is 2.73. The summed E-state index contributed by atoms with van der Waals surface area (Å²) in [7, 11) is 0. The molecule has 1 aliphatic carbocycles. The third-order valence-electron chi connectivity index (χ3n) is 3.40. The van der Waals surface area contributed by atoms with E-state index in [2.05, 4.69) is 5.32 Å². The van der Waals surface area contributed by atoms with Crippen LogP contribution in [-0.2, 0) is 0 Å². The molecule has 1 aliphatic heterocycles. The third-order valence-corrected chi connectivity index (χ3v) is 3.40. The van der Waals surface area contributed by atoms with E-state index in [-0.39, 0.29) is 11.4 Å². The normalized spacial score (nSPS) is 29.0. The summed E-state index contributed by atoms with van der Waals surface area (Å²) in [6.07, 6.45) is 1.13. The lowest BCUT2D eigenvalue weighted by molar-refractivity contribution is 0.453. The number of fused-ring (bicyclic) bond motifs is 5. The van der Waals surface area contributed by atoms with Crippen molar-refractivity contribution in [3.05, 3.63) is 41.6 Å². The Morgan fingerprint density at radius 2 is 1.86 bits per heavy atom. The molecule has 1 aromatic rings. The van der Waals surface area contributed by atoms with E-state index in [9.17, 15) is 4.39 Å². The molecule has 1 nitrogen and oxygen atoms in total.